The zero-order valence-electron chi connectivity index (χ0n) is 14.0. The molecule has 0 spiro atoms. The highest BCUT2D eigenvalue weighted by molar-refractivity contribution is 5.95. The summed E-state index contributed by atoms with van der Waals surface area (Å²) < 4.78 is 4.61. The van der Waals surface area contributed by atoms with Crippen LogP contribution >= 0.6 is 0 Å². The third kappa shape index (κ3) is 3.87. The summed E-state index contributed by atoms with van der Waals surface area (Å²) >= 11 is 0. The lowest BCUT2D eigenvalue weighted by atomic mass is 10.1. The Bertz CT molecular complexity index is 1030. The summed E-state index contributed by atoms with van der Waals surface area (Å²) in [7, 11) is 1.25. The van der Waals surface area contributed by atoms with Gasteiger partial charge in [0, 0.05) is 0 Å². The highest BCUT2D eigenvalue weighted by atomic mass is 16.5. The molecule has 0 bridgehead atoms. The third-order valence-electron chi connectivity index (χ3n) is 3.75. The zero-order chi connectivity index (χ0) is 18.5. The van der Waals surface area contributed by atoms with Gasteiger partial charge in [-0.3, -0.25) is 0 Å². The topological polar surface area (TPSA) is 91.5 Å². The maximum Gasteiger partial charge on any atom is 0.341 e. The maximum absolute atomic E-state index is 11.6. The lowest BCUT2D eigenvalue weighted by Crippen LogP contribution is -2.02. The number of ether oxygens (including phenoxy) is 1. The van der Waals surface area contributed by atoms with Gasteiger partial charge in [-0.1, -0.05) is 18.2 Å². The van der Waals surface area contributed by atoms with Crippen LogP contribution in [0.2, 0.25) is 0 Å². The van der Waals surface area contributed by atoms with Crippen molar-refractivity contribution in [1.29, 1.82) is 0 Å². The summed E-state index contributed by atoms with van der Waals surface area (Å²) in [6.07, 6.45) is 3.08. The Morgan fingerprint density at radius 2 is 1.50 bits per heavy atom. The number of phenols is 2. The Morgan fingerprint density at radius 1 is 0.885 bits per heavy atom. The number of rotatable bonds is 4. The SMILES string of the molecule is COC(=O)c1cc(/C=N/N=C/c2ccc3cc(O)ccc3c2)ccc1O. The van der Waals surface area contributed by atoms with Crippen molar-refractivity contribution in [1.82, 2.24) is 0 Å². The van der Waals surface area contributed by atoms with Crippen molar-refractivity contribution < 1.29 is 19.7 Å². The molecule has 2 N–H and O–H groups in total. The molecule has 3 aromatic carbocycles. The summed E-state index contributed by atoms with van der Waals surface area (Å²) in [6, 6.07) is 15.3. The summed E-state index contributed by atoms with van der Waals surface area (Å²) in [4.78, 5) is 11.6. The van der Waals surface area contributed by atoms with E-state index in [0.29, 0.717) is 5.56 Å². The molecule has 3 aromatic rings. The molecule has 0 saturated heterocycles. The largest absolute Gasteiger partial charge is 0.508 e. The molecular weight excluding hydrogens is 332 g/mol. The molecule has 0 atom stereocenters. The Labute approximate surface area is 149 Å². The number of phenolic OH excluding ortho intramolecular Hbond substituents is 2. The predicted octanol–water partition coefficient (Wildman–Crippen LogP) is 3.49. The number of hydrogen-bond acceptors (Lipinski definition) is 6. The first-order valence-electron chi connectivity index (χ1n) is 7.77. The van der Waals surface area contributed by atoms with E-state index in [2.05, 4.69) is 14.9 Å². The average molecular weight is 348 g/mol. The molecule has 6 nitrogen and oxygen atoms in total. The molecule has 0 aliphatic rings. The minimum Gasteiger partial charge on any atom is -0.508 e. The van der Waals surface area contributed by atoms with Gasteiger partial charge in [0.15, 0.2) is 0 Å². The molecule has 0 aliphatic carbocycles. The molecule has 130 valence electrons. The molecule has 0 amide bonds. The fraction of sp³-hybridized carbons (Fsp3) is 0.0500. The summed E-state index contributed by atoms with van der Waals surface area (Å²) in [5, 5.41) is 29.0. The molecule has 0 radical (unpaired) electrons. The molecule has 26 heavy (non-hydrogen) atoms. The summed E-state index contributed by atoms with van der Waals surface area (Å²) in [6.45, 7) is 0. The van der Waals surface area contributed by atoms with Crippen LogP contribution in [0.1, 0.15) is 21.5 Å². The Kier molecular flexibility index (Phi) is 4.94. The number of fused-ring (bicyclic) bond motifs is 1. The van der Waals surface area contributed by atoms with E-state index < -0.39 is 5.97 Å². The first kappa shape index (κ1) is 17.2. The van der Waals surface area contributed by atoms with Gasteiger partial charge in [-0.2, -0.15) is 10.2 Å². The highest BCUT2D eigenvalue weighted by Gasteiger charge is 2.11. The van der Waals surface area contributed by atoms with Gasteiger partial charge in [0.05, 0.1) is 19.5 Å². The minimum absolute atomic E-state index is 0.0678. The standard InChI is InChI=1S/C20H16N2O4/c1-26-20(25)18-9-14(3-7-19(18)24)12-22-21-11-13-2-4-16-10-17(23)6-5-15(16)8-13/h2-12,23-24H,1H3/b21-11+,22-12+. The van der Waals surface area contributed by atoms with Crippen molar-refractivity contribution in [2.75, 3.05) is 7.11 Å². The van der Waals surface area contributed by atoms with Gasteiger partial charge in [-0.25, -0.2) is 4.79 Å². The van der Waals surface area contributed by atoms with Crippen LogP contribution in [0, 0.1) is 0 Å². The lowest BCUT2D eigenvalue weighted by Gasteiger charge is -2.02. The molecule has 6 heteroatoms. The second-order valence-electron chi connectivity index (χ2n) is 5.55. The van der Waals surface area contributed by atoms with Crippen molar-refractivity contribution in [3.05, 3.63) is 71.3 Å². The molecule has 0 unspecified atom stereocenters. The second kappa shape index (κ2) is 7.48. The van der Waals surface area contributed by atoms with E-state index in [1.165, 1.54) is 25.5 Å². The van der Waals surface area contributed by atoms with Gasteiger partial charge < -0.3 is 14.9 Å². The van der Waals surface area contributed by atoms with E-state index in [1.54, 1.807) is 24.4 Å². The molecular formula is C20H16N2O4. The van der Waals surface area contributed by atoms with Crippen LogP contribution in [-0.4, -0.2) is 35.7 Å². The van der Waals surface area contributed by atoms with E-state index in [0.717, 1.165) is 16.3 Å². The predicted molar refractivity (Wildman–Crippen MR) is 100 cm³/mol. The van der Waals surface area contributed by atoms with Crippen molar-refractivity contribution in [3.63, 3.8) is 0 Å². The normalized spacial score (nSPS) is 11.4. The Balaban J connectivity index is 1.76. The number of hydrogen-bond donors (Lipinski definition) is 2. The van der Waals surface area contributed by atoms with E-state index in [9.17, 15) is 15.0 Å². The lowest BCUT2D eigenvalue weighted by molar-refractivity contribution is 0.0597. The van der Waals surface area contributed by atoms with Crippen molar-refractivity contribution in [2.45, 2.75) is 0 Å². The van der Waals surface area contributed by atoms with E-state index in [-0.39, 0.29) is 17.1 Å². The van der Waals surface area contributed by atoms with Crippen molar-refractivity contribution in [2.24, 2.45) is 10.2 Å². The van der Waals surface area contributed by atoms with Gasteiger partial charge >= 0.3 is 5.97 Å². The van der Waals surface area contributed by atoms with Crippen LogP contribution in [0.5, 0.6) is 11.5 Å². The second-order valence-corrected chi connectivity index (χ2v) is 5.55. The van der Waals surface area contributed by atoms with E-state index in [1.807, 2.05) is 24.3 Å². The van der Waals surface area contributed by atoms with E-state index in [4.69, 9.17) is 0 Å². The number of carbonyl (C=O) groups is 1. The van der Waals surface area contributed by atoms with Gasteiger partial charge in [-0.15, -0.1) is 0 Å². The molecule has 0 heterocycles. The monoisotopic (exact) mass is 348 g/mol. The number of esters is 1. The minimum atomic E-state index is -0.622. The van der Waals surface area contributed by atoms with Crippen LogP contribution < -0.4 is 0 Å². The van der Waals surface area contributed by atoms with Gasteiger partial charge in [0.1, 0.15) is 17.1 Å². The van der Waals surface area contributed by atoms with Crippen LogP contribution in [0.3, 0.4) is 0 Å². The first-order chi connectivity index (χ1) is 12.6. The first-order valence-corrected chi connectivity index (χ1v) is 7.77. The fourth-order valence-corrected chi connectivity index (χ4v) is 2.44. The molecule has 3 rings (SSSR count). The number of nitrogens with zero attached hydrogens (tertiary/aromatic N) is 2. The Morgan fingerprint density at radius 3 is 2.23 bits per heavy atom. The summed E-state index contributed by atoms with van der Waals surface area (Å²) in [5.74, 6) is -0.549. The summed E-state index contributed by atoms with van der Waals surface area (Å²) in [5.41, 5.74) is 1.54. The fourth-order valence-electron chi connectivity index (χ4n) is 2.44. The number of benzene rings is 3. The number of carbonyl (C=O) groups excluding carboxylic acids is 1. The molecule has 0 saturated carbocycles. The highest BCUT2D eigenvalue weighted by Crippen LogP contribution is 2.21. The van der Waals surface area contributed by atoms with Crippen molar-refractivity contribution >= 4 is 29.2 Å². The van der Waals surface area contributed by atoms with Gasteiger partial charge in [0.2, 0.25) is 0 Å². The van der Waals surface area contributed by atoms with Crippen LogP contribution in [0.4, 0.5) is 0 Å². The van der Waals surface area contributed by atoms with Crippen molar-refractivity contribution in [3.8, 4) is 11.5 Å². The van der Waals surface area contributed by atoms with Gasteiger partial charge in [0.25, 0.3) is 0 Å². The van der Waals surface area contributed by atoms with E-state index >= 15 is 0 Å². The van der Waals surface area contributed by atoms with Gasteiger partial charge in [-0.05, 0) is 58.3 Å². The molecule has 0 fully saturated rings. The quantitative estimate of drug-likeness (QED) is 0.429. The third-order valence-corrected chi connectivity index (χ3v) is 3.75. The zero-order valence-corrected chi connectivity index (χ0v) is 14.0. The maximum atomic E-state index is 11.6. The number of methoxy groups -OCH3 is 1. The smallest absolute Gasteiger partial charge is 0.341 e. The van der Waals surface area contributed by atoms with Crippen LogP contribution in [0.25, 0.3) is 10.8 Å². The number of aromatic hydroxyl groups is 2. The average Bonchev–Trinajstić information content (AvgIpc) is 2.65. The molecule has 0 aliphatic heterocycles. The Hall–Kier alpha value is -3.67. The van der Waals surface area contributed by atoms with Crippen LogP contribution in [-0.2, 0) is 4.74 Å². The van der Waals surface area contributed by atoms with Crippen LogP contribution in [0.15, 0.2) is 64.8 Å². The molecule has 0 aromatic heterocycles.